The maximum atomic E-state index is 13.0. The van der Waals surface area contributed by atoms with Gasteiger partial charge in [0, 0.05) is 35.7 Å². The first-order valence-electron chi connectivity index (χ1n) is 5.61. The van der Waals surface area contributed by atoms with Gasteiger partial charge < -0.3 is 0 Å². The molecule has 1 aromatic heterocycles. The first-order chi connectivity index (χ1) is 9.80. The van der Waals surface area contributed by atoms with Gasteiger partial charge in [-0.2, -0.15) is 13.2 Å². The third-order valence-corrected chi connectivity index (χ3v) is 2.71. The molecule has 0 aliphatic rings. The molecule has 5 nitrogen and oxygen atoms in total. The van der Waals surface area contributed by atoms with Gasteiger partial charge in [0.2, 0.25) is 0 Å². The normalized spacial score (nSPS) is 11.2. The van der Waals surface area contributed by atoms with Crippen LogP contribution in [0.25, 0.3) is 0 Å². The Morgan fingerprint density at radius 2 is 1.76 bits per heavy atom. The molecule has 1 aromatic carbocycles. The van der Waals surface area contributed by atoms with E-state index in [0.717, 1.165) is 12.1 Å². The predicted molar refractivity (Wildman–Crippen MR) is 65.8 cm³/mol. The van der Waals surface area contributed by atoms with Crippen molar-refractivity contribution in [2.75, 3.05) is 0 Å². The number of nitrogens with zero attached hydrogens (tertiary/aromatic N) is 2. The SMILES string of the molecule is O=C(c1ccncc1)c1ccc([N+](=O)[O-])cc1C(F)(F)F. The summed E-state index contributed by atoms with van der Waals surface area (Å²) in [5.41, 5.74) is -2.68. The van der Waals surface area contributed by atoms with Crippen LogP contribution in [0.2, 0.25) is 0 Å². The van der Waals surface area contributed by atoms with Crippen LogP contribution in [0.15, 0.2) is 42.7 Å². The van der Waals surface area contributed by atoms with Crippen molar-refractivity contribution in [3.63, 3.8) is 0 Å². The monoisotopic (exact) mass is 296 g/mol. The molecule has 0 aliphatic heterocycles. The molecular formula is C13H7F3N2O3. The van der Waals surface area contributed by atoms with Crippen LogP contribution in [0.4, 0.5) is 18.9 Å². The molecule has 2 rings (SSSR count). The first kappa shape index (κ1) is 14.6. The van der Waals surface area contributed by atoms with Gasteiger partial charge in [-0.05, 0) is 18.2 Å². The molecule has 8 heteroatoms. The highest BCUT2D eigenvalue weighted by atomic mass is 19.4. The van der Waals surface area contributed by atoms with Gasteiger partial charge in [0.15, 0.2) is 5.78 Å². The number of rotatable bonds is 3. The van der Waals surface area contributed by atoms with Gasteiger partial charge >= 0.3 is 6.18 Å². The van der Waals surface area contributed by atoms with Crippen molar-refractivity contribution in [3.05, 3.63) is 69.5 Å². The largest absolute Gasteiger partial charge is 0.417 e. The van der Waals surface area contributed by atoms with E-state index in [4.69, 9.17) is 0 Å². The van der Waals surface area contributed by atoms with Gasteiger partial charge in [0.05, 0.1) is 10.5 Å². The van der Waals surface area contributed by atoms with E-state index in [9.17, 15) is 28.1 Å². The number of benzene rings is 1. The molecule has 0 unspecified atom stereocenters. The molecule has 108 valence electrons. The Hall–Kier alpha value is -2.77. The lowest BCUT2D eigenvalue weighted by Gasteiger charge is -2.11. The van der Waals surface area contributed by atoms with Crippen molar-refractivity contribution in [3.8, 4) is 0 Å². The summed E-state index contributed by atoms with van der Waals surface area (Å²) in [5.74, 6) is -0.875. The Balaban J connectivity index is 2.58. The molecule has 0 aliphatic carbocycles. The van der Waals surface area contributed by atoms with Crippen molar-refractivity contribution >= 4 is 11.5 Å². The lowest BCUT2D eigenvalue weighted by molar-refractivity contribution is -0.385. The van der Waals surface area contributed by atoms with Crippen molar-refractivity contribution in [1.82, 2.24) is 4.98 Å². The molecule has 21 heavy (non-hydrogen) atoms. The van der Waals surface area contributed by atoms with E-state index in [1.165, 1.54) is 24.5 Å². The van der Waals surface area contributed by atoms with Gasteiger partial charge in [0.25, 0.3) is 5.69 Å². The molecule has 1 heterocycles. The highest BCUT2D eigenvalue weighted by molar-refractivity contribution is 6.10. The number of ketones is 1. The van der Waals surface area contributed by atoms with E-state index in [1.807, 2.05) is 0 Å². The zero-order chi connectivity index (χ0) is 15.6. The van der Waals surface area contributed by atoms with Gasteiger partial charge in [-0.1, -0.05) is 0 Å². The Kier molecular flexibility index (Phi) is 3.70. The van der Waals surface area contributed by atoms with Gasteiger partial charge in [-0.15, -0.1) is 0 Å². The summed E-state index contributed by atoms with van der Waals surface area (Å²) in [6.45, 7) is 0. The summed E-state index contributed by atoms with van der Waals surface area (Å²) in [6.07, 6.45) is -2.33. The summed E-state index contributed by atoms with van der Waals surface area (Å²) in [5, 5.41) is 10.6. The van der Waals surface area contributed by atoms with Crippen molar-refractivity contribution in [2.45, 2.75) is 6.18 Å². The number of nitro benzene ring substituents is 1. The summed E-state index contributed by atoms with van der Waals surface area (Å²) in [7, 11) is 0. The molecule has 2 aromatic rings. The quantitative estimate of drug-likeness (QED) is 0.495. The third-order valence-electron chi connectivity index (χ3n) is 2.71. The van der Waals surface area contributed by atoms with E-state index < -0.39 is 33.7 Å². The van der Waals surface area contributed by atoms with Gasteiger partial charge in [-0.25, -0.2) is 0 Å². The highest BCUT2D eigenvalue weighted by Crippen LogP contribution is 2.35. The van der Waals surface area contributed by atoms with Gasteiger partial charge in [-0.3, -0.25) is 19.9 Å². The fourth-order valence-corrected chi connectivity index (χ4v) is 1.74. The van der Waals surface area contributed by atoms with Crippen LogP contribution in [0.3, 0.4) is 0 Å². The number of carbonyl (C=O) groups is 1. The average molecular weight is 296 g/mol. The number of non-ortho nitro benzene ring substituents is 1. The molecule has 0 saturated carbocycles. The van der Waals surface area contributed by atoms with E-state index in [0.29, 0.717) is 6.07 Å². The van der Waals surface area contributed by atoms with Crippen LogP contribution in [0.5, 0.6) is 0 Å². The minimum Gasteiger partial charge on any atom is -0.289 e. The van der Waals surface area contributed by atoms with Gasteiger partial charge in [0.1, 0.15) is 0 Å². The van der Waals surface area contributed by atoms with Crippen molar-refractivity contribution in [1.29, 1.82) is 0 Å². The second-order valence-corrected chi connectivity index (χ2v) is 4.05. The second-order valence-electron chi connectivity index (χ2n) is 4.05. The van der Waals surface area contributed by atoms with E-state index in [-0.39, 0.29) is 5.56 Å². The Morgan fingerprint density at radius 3 is 2.29 bits per heavy atom. The zero-order valence-electron chi connectivity index (χ0n) is 10.3. The number of aromatic nitrogens is 1. The van der Waals surface area contributed by atoms with Crippen LogP contribution in [0.1, 0.15) is 21.5 Å². The molecular weight excluding hydrogens is 289 g/mol. The van der Waals surface area contributed by atoms with Crippen molar-refractivity contribution < 1.29 is 22.9 Å². The van der Waals surface area contributed by atoms with Crippen LogP contribution < -0.4 is 0 Å². The number of alkyl halides is 3. The molecule has 0 atom stereocenters. The average Bonchev–Trinajstić information content (AvgIpc) is 2.46. The number of carbonyl (C=O) groups excluding carboxylic acids is 1. The lowest BCUT2D eigenvalue weighted by atomic mass is 9.98. The van der Waals surface area contributed by atoms with Crippen molar-refractivity contribution in [2.24, 2.45) is 0 Å². The highest BCUT2D eigenvalue weighted by Gasteiger charge is 2.37. The van der Waals surface area contributed by atoms with Crippen LogP contribution >= 0.6 is 0 Å². The fourth-order valence-electron chi connectivity index (χ4n) is 1.74. The maximum absolute atomic E-state index is 13.0. The molecule has 0 amide bonds. The fraction of sp³-hybridized carbons (Fsp3) is 0.0769. The van der Waals surface area contributed by atoms with Crippen LogP contribution in [-0.2, 0) is 6.18 Å². The molecule has 0 bridgehead atoms. The topological polar surface area (TPSA) is 73.1 Å². The van der Waals surface area contributed by atoms with E-state index >= 15 is 0 Å². The molecule has 0 N–H and O–H groups in total. The number of hydrogen-bond donors (Lipinski definition) is 0. The Morgan fingerprint density at radius 1 is 1.14 bits per heavy atom. The first-order valence-corrected chi connectivity index (χ1v) is 5.61. The third kappa shape index (κ3) is 3.04. The smallest absolute Gasteiger partial charge is 0.289 e. The number of pyridine rings is 1. The molecule has 0 spiro atoms. The van der Waals surface area contributed by atoms with Crippen LogP contribution in [0, 0.1) is 10.1 Å². The number of nitro groups is 1. The minimum atomic E-state index is -4.87. The Labute approximate surface area is 116 Å². The number of halogens is 3. The second kappa shape index (κ2) is 5.31. The van der Waals surface area contributed by atoms with E-state index in [2.05, 4.69) is 4.98 Å². The lowest BCUT2D eigenvalue weighted by Crippen LogP contribution is -2.14. The standard InChI is InChI=1S/C13H7F3N2O3/c14-13(15,16)11-7-9(18(20)21)1-2-10(11)12(19)8-3-5-17-6-4-8/h1-7H. The maximum Gasteiger partial charge on any atom is 0.417 e. The summed E-state index contributed by atoms with van der Waals surface area (Å²) >= 11 is 0. The molecule has 0 radical (unpaired) electrons. The predicted octanol–water partition coefficient (Wildman–Crippen LogP) is 3.24. The summed E-state index contributed by atoms with van der Waals surface area (Å²) in [4.78, 5) is 25.4. The molecule has 0 fully saturated rings. The molecule has 0 saturated heterocycles. The number of hydrogen-bond acceptors (Lipinski definition) is 4. The summed E-state index contributed by atoms with van der Waals surface area (Å²) in [6, 6.07) is 4.57. The van der Waals surface area contributed by atoms with E-state index in [1.54, 1.807) is 0 Å². The van der Waals surface area contributed by atoms with Crippen LogP contribution in [-0.4, -0.2) is 15.7 Å². The minimum absolute atomic E-state index is 0.0179. The zero-order valence-corrected chi connectivity index (χ0v) is 10.3. The Bertz CT molecular complexity index is 700. The summed E-state index contributed by atoms with van der Waals surface area (Å²) < 4.78 is 38.9.